The molecule has 3 aromatic rings. The molecular formula is C14H10FN3S. The normalized spacial score (nSPS) is 12.3. The minimum absolute atomic E-state index is 0.250. The zero-order valence-corrected chi connectivity index (χ0v) is 10.7. The Morgan fingerprint density at radius 2 is 2.26 bits per heavy atom. The molecule has 19 heavy (non-hydrogen) atoms. The number of H-pyrrole nitrogens is 1. The highest BCUT2D eigenvalue weighted by Crippen LogP contribution is 2.41. The van der Waals surface area contributed by atoms with Crippen molar-refractivity contribution in [2.24, 2.45) is 0 Å². The molecule has 0 unspecified atom stereocenters. The molecule has 0 amide bonds. The first-order valence-corrected chi connectivity index (χ1v) is 6.86. The molecule has 94 valence electrons. The number of nitrogens with zero attached hydrogens (tertiary/aromatic N) is 1. The summed E-state index contributed by atoms with van der Waals surface area (Å²) in [6.45, 7) is 0. The maximum absolute atomic E-state index is 13.2. The van der Waals surface area contributed by atoms with Crippen LogP contribution in [-0.2, 0) is 6.42 Å². The van der Waals surface area contributed by atoms with Crippen LogP contribution in [0.4, 0.5) is 15.9 Å². The van der Waals surface area contributed by atoms with E-state index in [0.29, 0.717) is 0 Å². The van der Waals surface area contributed by atoms with Crippen LogP contribution in [0, 0.1) is 5.82 Å². The predicted molar refractivity (Wildman–Crippen MR) is 74.4 cm³/mol. The van der Waals surface area contributed by atoms with E-state index in [1.54, 1.807) is 17.4 Å². The second-order valence-corrected chi connectivity index (χ2v) is 5.50. The fourth-order valence-corrected chi connectivity index (χ4v) is 3.31. The second-order valence-electron chi connectivity index (χ2n) is 4.50. The molecule has 0 atom stereocenters. The van der Waals surface area contributed by atoms with E-state index < -0.39 is 0 Å². The summed E-state index contributed by atoms with van der Waals surface area (Å²) in [5.74, 6) is 0.601. The molecule has 2 aromatic heterocycles. The lowest BCUT2D eigenvalue weighted by Crippen LogP contribution is -1.94. The lowest BCUT2D eigenvalue weighted by atomic mass is 10.2. The first-order valence-electron chi connectivity index (χ1n) is 5.98. The Kier molecular flexibility index (Phi) is 2.22. The molecule has 1 aliphatic carbocycles. The summed E-state index contributed by atoms with van der Waals surface area (Å²) in [6, 6.07) is 8.52. The van der Waals surface area contributed by atoms with Crippen molar-refractivity contribution in [1.29, 1.82) is 0 Å². The Balaban J connectivity index is 1.71. The SMILES string of the molecule is Fc1cccc(Nc2[nH]nc3c2Cc2sccc2-3)c1. The van der Waals surface area contributed by atoms with Crippen molar-refractivity contribution in [2.75, 3.05) is 5.32 Å². The van der Waals surface area contributed by atoms with Gasteiger partial charge in [-0.3, -0.25) is 5.10 Å². The number of halogens is 1. The van der Waals surface area contributed by atoms with Gasteiger partial charge >= 0.3 is 0 Å². The van der Waals surface area contributed by atoms with E-state index in [9.17, 15) is 4.39 Å². The van der Waals surface area contributed by atoms with Gasteiger partial charge in [-0.25, -0.2) is 4.39 Å². The third kappa shape index (κ3) is 1.66. The van der Waals surface area contributed by atoms with Crippen molar-refractivity contribution in [3.63, 3.8) is 0 Å². The Morgan fingerprint density at radius 3 is 3.16 bits per heavy atom. The van der Waals surface area contributed by atoms with Gasteiger partial charge in [0.2, 0.25) is 0 Å². The average molecular weight is 271 g/mol. The Labute approximate surface area is 113 Å². The number of hydrogen-bond acceptors (Lipinski definition) is 3. The summed E-state index contributed by atoms with van der Waals surface area (Å²) in [6.07, 6.45) is 0.885. The number of fused-ring (bicyclic) bond motifs is 3. The van der Waals surface area contributed by atoms with Crippen LogP contribution in [0.5, 0.6) is 0 Å². The number of aromatic amines is 1. The third-order valence-electron chi connectivity index (χ3n) is 3.30. The lowest BCUT2D eigenvalue weighted by molar-refractivity contribution is 0.628. The monoisotopic (exact) mass is 271 g/mol. The number of benzene rings is 1. The van der Waals surface area contributed by atoms with E-state index in [1.807, 2.05) is 6.07 Å². The highest BCUT2D eigenvalue weighted by atomic mass is 32.1. The molecule has 4 rings (SSSR count). The van der Waals surface area contributed by atoms with E-state index >= 15 is 0 Å². The van der Waals surface area contributed by atoms with Crippen LogP contribution in [-0.4, -0.2) is 10.2 Å². The van der Waals surface area contributed by atoms with E-state index in [4.69, 9.17) is 0 Å². The van der Waals surface area contributed by atoms with Gasteiger partial charge in [-0.2, -0.15) is 5.10 Å². The molecule has 0 fully saturated rings. The van der Waals surface area contributed by atoms with Crippen molar-refractivity contribution < 1.29 is 4.39 Å². The molecule has 2 N–H and O–H groups in total. The first kappa shape index (κ1) is 10.8. The molecule has 0 saturated heterocycles. The van der Waals surface area contributed by atoms with Crippen LogP contribution in [0.2, 0.25) is 0 Å². The molecule has 0 bridgehead atoms. The fourth-order valence-electron chi connectivity index (χ4n) is 2.42. The first-order chi connectivity index (χ1) is 9.31. The zero-order valence-electron chi connectivity index (χ0n) is 9.90. The number of aromatic nitrogens is 2. The molecule has 2 heterocycles. The highest BCUT2D eigenvalue weighted by molar-refractivity contribution is 7.10. The van der Waals surface area contributed by atoms with Crippen molar-refractivity contribution in [3.8, 4) is 11.3 Å². The molecule has 3 nitrogen and oxygen atoms in total. The van der Waals surface area contributed by atoms with Crippen molar-refractivity contribution in [1.82, 2.24) is 10.2 Å². The molecule has 1 aromatic carbocycles. The van der Waals surface area contributed by atoms with Crippen LogP contribution in [0.25, 0.3) is 11.3 Å². The van der Waals surface area contributed by atoms with Crippen LogP contribution in [0.3, 0.4) is 0 Å². The van der Waals surface area contributed by atoms with E-state index in [2.05, 4.69) is 27.0 Å². The average Bonchev–Trinajstić information content (AvgIpc) is 3.03. The standard InChI is InChI=1S/C14H10FN3S/c15-8-2-1-3-9(6-8)16-14-11-7-12-10(4-5-19-12)13(11)17-18-14/h1-6H,7H2,(H2,16,17,18). The lowest BCUT2D eigenvalue weighted by Gasteiger charge is -2.05. The Morgan fingerprint density at radius 1 is 1.32 bits per heavy atom. The molecule has 0 aliphatic heterocycles. The minimum Gasteiger partial charge on any atom is -0.340 e. The Bertz CT molecular complexity index is 760. The smallest absolute Gasteiger partial charge is 0.130 e. The maximum Gasteiger partial charge on any atom is 0.130 e. The van der Waals surface area contributed by atoms with E-state index in [1.165, 1.54) is 22.6 Å². The van der Waals surface area contributed by atoms with Crippen LogP contribution in [0.1, 0.15) is 10.4 Å². The van der Waals surface area contributed by atoms with Gasteiger partial charge in [0.1, 0.15) is 11.6 Å². The summed E-state index contributed by atoms with van der Waals surface area (Å²) in [7, 11) is 0. The zero-order chi connectivity index (χ0) is 12.8. The number of rotatable bonds is 2. The quantitative estimate of drug-likeness (QED) is 0.580. The number of hydrogen-bond donors (Lipinski definition) is 2. The van der Waals surface area contributed by atoms with Gasteiger partial charge in [-0.1, -0.05) is 6.07 Å². The van der Waals surface area contributed by atoms with Crippen molar-refractivity contribution in [2.45, 2.75) is 6.42 Å². The summed E-state index contributed by atoms with van der Waals surface area (Å²) in [5, 5.41) is 12.6. The van der Waals surface area contributed by atoms with E-state index in [0.717, 1.165) is 29.2 Å². The Hall–Kier alpha value is -2.14. The summed E-state index contributed by atoms with van der Waals surface area (Å²) in [4.78, 5) is 1.34. The molecule has 1 aliphatic rings. The van der Waals surface area contributed by atoms with Crippen molar-refractivity contribution >= 4 is 22.8 Å². The van der Waals surface area contributed by atoms with Crippen LogP contribution < -0.4 is 5.32 Å². The minimum atomic E-state index is -0.250. The topological polar surface area (TPSA) is 40.7 Å². The number of anilines is 2. The molecule has 5 heteroatoms. The summed E-state index contributed by atoms with van der Waals surface area (Å²) in [5.41, 5.74) is 4.10. The van der Waals surface area contributed by atoms with Crippen LogP contribution in [0.15, 0.2) is 35.7 Å². The molecule has 0 saturated carbocycles. The van der Waals surface area contributed by atoms with Crippen LogP contribution >= 0.6 is 11.3 Å². The molecular weight excluding hydrogens is 261 g/mol. The fraction of sp³-hybridized carbons (Fsp3) is 0.0714. The number of thiophene rings is 1. The predicted octanol–water partition coefficient (Wildman–Crippen LogP) is 3.93. The molecule has 0 radical (unpaired) electrons. The van der Waals surface area contributed by atoms with E-state index in [-0.39, 0.29) is 5.82 Å². The van der Waals surface area contributed by atoms with Crippen molar-refractivity contribution in [3.05, 3.63) is 52.0 Å². The van der Waals surface area contributed by atoms with Gasteiger partial charge in [0.25, 0.3) is 0 Å². The summed E-state index contributed by atoms with van der Waals surface area (Å²) < 4.78 is 13.2. The maximum atomic E-state index is 13.2. The van der Waals surface area contributed by atoms with Gasteiger partial charge in [0.05, 0.1) is 5.69 Å². The number of nitrogens with one attached hydrogen (secondary N) is 2. The van der Waals surface area contributed by atoms with Gasteiger partial charge in [0, 0.05) is 28.1 Å². The summed E-state index contributed by atoms with van der Waals surface area (Å²) >= 11 is 1.75. The third-order valence-corrected chi connectivity index (χ3v) is 4.22. The second kappa shape index (κ2) is 3.93. The molecule has 0 spiro atoms. The van der Waals surface area contributed by atoms with Gasteiger partial charge in [-0.05, 0) is 29.6 Å². The largest absolute Gasteiger partial charge is 0.340 e. The van der Waals surface area contributed by atoms with Gasteiger partial charge in [0.15, 0.2) is 0 Å². The van der Waals surface area contributed by atoms with Gasteiger partial charge < -0.3 is 5.32 Å². The van der Waals surface area contributed by atoms with Gasteiger partial charge in [-0.15, -0.1) is 11.3 Å². The highest BCUT2D eigenvalue weighted by Gasteiger charge is 2.25.